The molecule has 1 rings (SSSR count). The summed E-state index contributed by atoms with van der Waals surface area (Å²) in [4.78, 5) is 21.7. The first-order chi connectivity index (χ1) is 8.91. The summed E-state index contributed by atoms with van der Waals surface area (Å²) in [7, 11) is -0.883. The van der Waals surface area contributed by atoms with Crippen molar-refractivity contribution < 1.29 is 13.9 Å². The van der Waals surface area contributed by atoms with Crippen LogP contribution in [-0.2, 0) is 10.8 Å². The van der Waals surface area contributed by atoms with Gasteiger partial charge < -0.3 is 11.1 Å². The second-order valence-corrected chi connectivity index (χ2v) is 5.47. The quantitative estimate of drug-likeness (QED) is 0.345. The molecule has 19 heavy (non-hydrogen) atoms. The number of nitrogen functional groups attached to an aromatic ring is 1. The van der Waals surface area contributed by atoms with Crippen molar-refractivity contribution in [2.75, 3.05) is 24.3 Å². The molecule has 7 nitrogen and oxygen atoms in total. The van der Waals surface area contributed by atoms with Gasteiger partial charge >= 0.3 is 0 Å². The summed E-state index contributed by atoms with van der Waals surface area (Å²) in [5, 5.41) is 13.2. The Balaban J connectivity index is 2.60. The van der Waals surface area contributed by atoms with Gasteiger partial charge in [0.1, 0.15) is 5.69 Å². The van der Waals surface area contributed by atoms with E-state index in [2.05, 4.69) is 5.32 Å². The minimum atomic E-state index is -0.883. The Morgan fingerprint density at radius 3 is 2.74 bits per heavy atom. The molecule has 0 saturated heterocycles. The van der Waals surface area contributed by atoms with E-state index >= 15 is 0 Å². The van der Waals surface area contributed by atoms with Gasteiger partial charge in [-0.15, -0.1) is 0 Å². The first-order valence-corrected chi connectivity index (χ1v) is 7.26. The Kier molecular flexibility index (Phi) is 5.43. The molecule has 0 radical (unpaired) electrons. The maximum absolute atomic E-state index is 11.7. The maximum Gasteiger partial charge on any atom is 0.292 e. The van der Waals surface area contributed by atoms with Crippen LogP contribution in [0.15, 0.2) is 18.2 Å². The maximum atomic E-state index is 11.7. The molecule has 0 spiro atoms. The summed E-state index contributed by atoms with van der Waals surface area (Å²) in [5.41, 5.74) is 5.48. The topological polar surface area (TPSA) is 115 Å². The fourth-order valence-electron chi connectivity index (χ4n) is 1.44. The van der Waals surface area contributed by atoms with Crippen molar-refractivity contribution in [3.05, 3.63) is 33.9 Å². The predicted molar refractivity (Wildman–Crippen MR) is 73.4 cm³/mol. The SMILES string of the molecule is CS(=O)CCCNC(=O)c1ccc([N+](=O)[O-])c(N)c1. The summed E-state index contributed by atoms with van der Waals surface area (Å²) in [6.45, 7) is 0.398. The van der Waals surface area contributed by atoms with Gasteiger partial charge in [0.15, 0.2) is 0 Å². The highest BCUT2D eigenvalue weighted by molar-refractivity contribution is 7.84. The second kappa shape index (κ2) is 6.83. The molecule has 0 aliphatic rings. The van der Waals surface area contributed by atoms with E-state index < -0.39 is 15.7 Å². The third kappa shape index (κ3) is 4.66. The zero-order valence-electron chi connectivity index (χ0n) is 10.4. The molecule has 0 bridgehead atoms. The normalized spacial score (nSPS) is 11.8. The number of hydrogen-bond donors (Lipinski definition) is 2. The standard InChI is InChI=1S/C11H15N3O4S/c1-19(18)6-2-5-13-11(15)8-3-4-10(14(16)17)9(12)7-8/h3-4,7H,2,5-6,12H2,1H3,(H,13,15). The molecule has 0 aromatic heterocycles. The zero-order chi connectivity index (χ0) is 14.4. The van der Waals surface area contributed by atoms with Crippen LogP contribution >= 0.6 is 0 Å². The van der Waals surface area contributed by atoms with Gasteiger partial charge in [-0.25, -0.2) is 0 Å². The fraction of sp³-hybridized carbons (Fsp3) is 0.364. The van der Waals surface area contributed by atoms with E-state index in [-0.39, 0.29) is 22.8 Å². The van der Waals surface area contributed by atoms with Crippen molar-refractivity contribution in [1.29, 1.82) is 0 Å². The lowest BCUT2D eigenvalue weighted by molar-refractivity contribution is -0.383. The highest BCUT2D eigenvalue weighted by atomic mass is 32.2. The molecule has 0 aliphatic heterocycles. The lowest BCUT2D eigenvalue weighted by Crippen LogP contribution is -2.25. The number of nitro groups is 1. The number of carbonyl (C=O) groups is 1. The monoisotopic (exact) mass is 285 g/mol. The highest BCUT2D eigenvalue weighted by Gasteiger charge is 2.14. The number of nitrogens with one attached hydrogen (secondary N) is 1. The average molecular weight is 285 g/mol. The van der Waals surface area contributed by atoms with Crippen LogP contribution in [0.2, 0.25) is 0 Å². The molecule has 104 valence electrons. The highest BCUT2D eigenvalue weighted by Crippen LogP contribution is 2.21. The Morgan fingerprint density at radius 1 is 1.53 bits per heavy atom. The van der Waals surface area contributed by atoms with Crippen LogP contribution in [0.1, 0.15) is 16.8 Å². The van der Waals surface area contributed by atoms with Gasteiger partial charge in [0.05, 0.1) is 4.92 Å². The second-order valence-electron chi connectivity index (χ2n) is 3.92. The van der Waals surface area contributed by atoms with E-state index in [1.165, 1.54) is 18.2 Å². The largest absolute Gasteiger partial charge is 0.393 e. The number of rotatable bonds is 6. The van der Waals surface area contributed by atoms with E-state index in [1.54, 1.807) is 6.26 Å². The summed E-state index contributed by atoms with van der Waals surface area (Å²) >= 11 is 0. The molecule has 0 heterocycles. The van der Waals surface area contributed by atoms with Crippen LogP contribution in [-0.4, -0.2) is 33.6 Å². The summed E-state index contributed by atoms with van der Waals surface area (Å²) in [6.07, 6.45) is 2.20. The molecular formula is C11H15N3O4S. The lowest BCUT2D eigenvalue weighted by atomic mass is 10.1. The van der Waals surface area contributed by atoms with Crippen LogP contribution in [0.25, 0.3) is 0 Å². The molecular weight excluding hydrogens is 270 g/mol. The molecule has 1 aromatic carbocycles. The average Bonchev–Trinajstić information content (AvgIpc) is 2.33. The van der Waals surface area contributed by atoms with Gasteiger partial charge in [0.25, 0.3) is 11.6 Å². The first kappa shape index (κ1) is 15.1. The van der Waals surface area contributed by atoms with Gasteiger partial charge in [0.2, 0.25) is 0 Å². The molecule has 0 saturated carbocycles. The van der Waals surface area contributed by atoms with E-state index in [9.17, 15) is 19.1 Å². The molecule has 0 fully saturated rings. The number of nitrogens with two attached hydrogens (primary N) is 1. The number of nitrogens with zero attached hydrogens (tertiary/aromatic N) is 1. The van der Waals surface area contributed by atoms with Crippen molar-refractivity contribution in [3.63, 3.8) is 0 Å². The number of nitro benzene ring substituents is 1. The Bertz CT molecular complexity index is 519. The summed E-state index contributed by atoms with van der Waals surface area (Å²) in [5.74, 6) is 0.159. The Morgan fingerprint density at radius 2 is 2.21 bits per heavy atom. The zero-order valence-corrected chi connectivity index (χ0v) is 11.2. The van der Waals surface area contributed by atoms with Crippen LogP contribution in [0, 0.1) is 10.1 Å². The minimum absolute atomic E-state index is 0.0488. The molecule has 1 unspecified atom stereocenters. The van der Waals surface area contributed by atoms with Crippen molar-refractivity contribution in [1.82, 2.24) is 5.32 Å². The van der Waals surface area contributed by atoms with Crippen molar-refractivity contribution in [3.8, 4) is 0 Å². The Labute approximate surface area is 112 Å². The number of hydrogen-bond acceptors (Lipinski definition) is 5. The lowest BCUT2D eigenvalue weighted by Gasteiger charge is -2.05. The molecule has 1 atom stereocenters. The van der Waals surface area contributed by atoms with E-state index in [4.69, 9.17) is 5.73 Å². The molecule has 3 N–H and O–H groups in total. The summed E-state index contributed by atoms with van der Waals surface area (Å²) < 4.78 is 10.8. The predicted octanol–water partition coefficient (Wildman–Crippen LogP) is 0.675. The van der Waals surface area contributed by atoms with Crippen molar-refractivity contribution >= 4 is 28.1 Å². The number of carbonyl (C=O) groups excluding carboxylic acids is 1. The van der Waals surface area contributed by atoms with Crippen molar-refractivity contribution in [2.45, 2.75) is 6.42 Å². The third-order valence-electron chi connectivity index (χ3n) is 2.38. The van der Waals surface area contributed by atoms with Gasteiger partial charge in [-0.3, -0.25) is 19.1 Å². The van der Waals surface area contributed by atoms with Gasteiger partial charge in [0, 0.05) is 41.0 Å². The van der Waals surface area contributed by atoms with Gasteiger partial charge in [-0.2, -0.15) is 0 Å². The van der Waals surface area contributed by atoms with Crippen LogP contribution < -0.4 is 11.1 Å². The number of amides is 1. The van der Waals surface area contributed by atoms with Crippen LogP contribution in [0.4, 0.5) is 11.4 Å². The van der Waals surface area contributed by atoms with Gasteiger partial charge in [-0.05, 0) is 18.6 Å². The molecule has 1 amide bonds. The number of anilines is 1. The van der Waals surface area contributed by atoms with Gasteiger partial charge in [-0.1, -0.05) is 0 Å². The van der Waals surface area contributed by atoms with E-state index in [0.29, 0.717) is 18.7 Å². The number of benzene rings is 1. The van der Waals surface area contributed by atoms with E-state index in [0.717, 1.165) is 0 Å². The van der Waals surface area contributed by atoms with Crippen molar-refractivity contribution in [2.24, 2.45) is 0 Å². The molecule has 0 aliphatic carbocycles. The molecule has 1 aromatic rings. The van der Waals surface area contributed by atoms with Crippen LogP contribution in [0.5, 0.6) is 0 Å². The first-order valence-electron chi connectivity index (χ1n) is 5.54. The molecule has 8 heteroatoms. The fourth-order valence-corrected chi connectivity index (χ4v) is 1.99. The van der Waals surface area contributed by atoms with Crippen LogP contribution in [0.3, 0.4) is 0 Å². The minimum Gasteiger partial charge on any atom is -0.393 e. The smallest absolute Gasteiger partial charge is 0.292 e. The summed E-state index contributed by atoms with van der Waals surface area (Å²) in [6, 6.07) is 3.82. The van der Waals surface area contributed by atoms with E-state index in [1.807, 2.05) is 0 Å². The Hall–Kier alpha value is -1.96. The third-order valence-corrected chi connectivity index (χ3v) is 3.24.